The number of anilines is 1. The molecule has 0 unspecified atom stereocenters. The predicted molar refractivity (Wildman–Crippen MR) is 83.5 cm³/mol. The second-order valence-electron chi connectivity index (χ2n) is 5.93. The molecular formula is C17H13ClF2N2O. The summed E-state index contributed by atoms with van der Waals surface area (Å²) in [4.78, 5) is 12.7. The fourth-order valence-corrected chi connectivity index (χ4v) is 3.90. The Balaban J connectivity index is 1.88. The van der Waals surface area contributed by atoms with Crippen molar-refractivity contribution in [2.24, 2.45) is 0 Å². The standard InChI is InChI=1S/C17H13ClF2N2O/c18-12-7-9(1-3-13(12)20)15-17(5-6-21-15)11-8-10(19)2-4-14(11)22-16(17)23/h1-4,7-8,15,21H,5-6H2,(H,22,23)/t15-,17-/m1/s1. The average molecular weight is 335 g/mol. The van der Waals surface area contributed by atoms with E-state index in [4.69, 9.17) is 11.6 Å². The lowest BCUT2D eigenvalue weighted by atomic mass is 9.73. The number of benzene rings is 2. The highest BCUT2D eigenvalue weighted by Gasteiger charge is 2.55. The zero-order valence-electron chi connectivity index (χ0n) is 12.0. The molecule has 1 spiro atoms. The van der Waals surface area contributed by atoms with E-state index in [1.54, 1.807) is 12.1 Å². The highest BCUT2D eigenvalue weighted by molar-refractivity contribution is 6.30. The second kappa shape index (κ2) is 5.01. The van der Waals surface area contributed by atoms with E-state index in [9.17, 15) is 13.6 Å². The van der Waals surface area contributed by atoms with Crippen molar-refractivity contribution in [3.63, 3.8) is 0 Å². The molecule has 2 aromatic rings. The topological polar surface area (TPSA) is 41.1 Å². The van der Waals surface area contributed by atoms with Crippen LogP contribution in [0.3, 0.4) is 0 Å². The van der Waals surface area contributed by atoms with Crippen LogP contribution in [0.25, 0.3) is 0 Å². The fourth-order valence-electron chi connectivity index (χ4n) is 3.71. The minimum atomic E-state index is -0.904. The summed E-state index contributed by atoms with van der Waals surface area (Å²) in [6.07, 6.45) is 0.537. The summed E-state index contributed by atoms with van der Waals surface area (Å²) in [5, 5.41) is 6.11. The van der Waals surface area contributed by atoms with Gasteiger partial charge in [-0.3, -0.25) is 4.79 Å². The van der Waals surface area contributed by atoms with Gasteiger partial charge in [0.25, 0.3) is 0 Å². The number of rotatable bonds is 1. The van der Waals surface area contributed by atoms with Crippen LogP contribution in [0.5, 0.6) is 0 Å². The van der Waals surface area contributed by atoms with Gasteiger partial charge in [-0.1, -0.05) is 17.7 Å². The first kappa shape index (κ1) is 14.6. The molecule has 2 atom stereocenters. The van der Waals surface area contributed by atoms with Crippen molar-refractivity contribution in [3.05, 3.63) is 64.2 Å². The van der Waals surface area contributed by atoms with Crippen molar-refractivity contribution in [1.82, 2.24) is 5.32 Å². The Kier molecular flexibility index (Phi) is 3.18. The molecule has 1 fully saturated rings. The SMILES string of the molecule is O=C1Nc2ccc(F)cc2[C@@]12CCN[C@@H]2c1ccc(F)c(Cl)c1. The minimum absolute atomic E-state index is 0.00391. The van der Waals surface area contributed by atoms with Crippen LogP contribution in [0.15, 0.2) is 36.4 Å². The fraction of sp³-hybridized carbons (Fsp3) is 0.235. The van der Waals surface area contributed by atoms with Crippen LogP contribution in [0, 0.1) is 11.6 Å². The van der Waals surface area contributed by atoms with Gasteiger partial charge in [0.15, 0.2) is 0 Å². The monoisotopic (exact) mass is 334 g/mol. The van der Waals surface area contributed by atoms with Gasteiger partial charge in [-0.05, 0) is 54.4 Å². The molecule has 2 aliphatic rings. The lowest BCUT2D eigenvalue weighted by Gasteiger charge is -2.29. The van der Waals surface area contributed by atoms with Crippen LogP contribution in [0.2, 0.25) is 5.02 Å². The van der Waals surface area contributed by atoms with Gasteiger partial charge in [0.2, 0.25) is 5.91 Å². The van der Waals surface area contributed by atoms with Crippen molar-refractivity contribution in [2.45, 2.75) is 17.9 Å². The van der Waals surface area contributed by atoms with E-state index in [-0.39, 0.29) is 22.8 Å². The number of halogens is 3. The maximum atomic E-state index is 13.7. The zero-order chi connectivity index (χ0) is 16.2. The van der Waals surface area contributed by atoms with Gasteiger partial charge in [0.05, 0.1) is 16.5 Å². The molecule has 6 heteroatoms. The first-order valence-electron chi connectivity index (χ1n) is 7.32. The van der Waals surface area contributed by atoms with E-state index in [2.05, 4.69) is 10.6 Å². The molecule has 0 bridgehead atoms. The normalized spacial score (nSPS) is 25.7. The number of fused-ring (bicyclic) bond motifs is 2. The zero-order valence-corrected chi connectivity index (χ0v) is 12.8. The largest absolute Gasteiger partial charge is 0.325 e. The van der Waals surface area contributed by atoms with Crippen molar-refractivity contribution < 1.29 is 13.6 Å². The molecule has 118 valence electrons. The lowest BCUT2D eigenvalue weighted by molar-refractivity contribution is -0.121. The molecule has 0 aliphatic carbocycles. The summed E-state index contributed by atoms with van der Waals surface area (Å²) >= 11 is 5.89. The molecule has 2 aromatic carbocycles. The first-order valence-corrected chi connectivity index (χ1v) is 7.70. The average Bonchev–Trinajstić information content (AvgIpc) is 3.07. The Hall–Kier alpha value is -1.98. The Morgan fingerprint density at radius 3 is 2.78 bits per heavy atom. The number of carbonyl (C=O) groups is 1. The summed E-state index contributed by atoms with van der Waals surface area (Å²) in [6, 6.07) is 8.32. The van der Waals surface area contributed by atoms with Crippen LogP contribution >= 0.6 is 11.6 Å². The Morgan fingerprint density at radius 1 is 1.17 bits per heavy atom. The van der Waals surface area contributed by atoms with Crippen molar-refractivity contribution in [3.8, 4) is 0 Å². The van der Waals surface area contributed by atoms with Gasteiger partial charge < -0.3 is 10.6 Å². The Labute approximate surface area is 136 Å². The highest BCUT2D eigenvalue weighted by Crippen LogP contribution is 2.51. The number of amides is 1. The van der Waals surface area contributed by atoms with Crippen LogP contribution in [0.4, 0.5) is 14.5 Å². The summed E-state index contributed by atoms with van der Waals surface area (Å²) in [5.74, 6) is -1.07. The molecule has 4 rings (SSSR count). The van der Waals surface area contributed by atoms with Gasteiger partial charge in [0, 0.05) is 5.69 Å². The molecule has 2 N–H and O–H groups in total. The van der Waals surface area contributed by atoms with E-state index in [1.165, 1.54) is 24.3 Å². The Morgan fingerprint density at radius 2 is 2.00 bits per heavy atom. The maximum Gasteiger partial charge on any atom is 0.237 e. The van der Waals surface area contributed by atoms with Crippen molar-refractivity contribution >= 4 is 23.2 Å². The van der Waals surface area contributed by atoms with Gasteiger partial charge in [0.1, 0.15) is 11.6 Å². The molecule has 2 heterocycles. The van der Waals surface area contributed by atoms with E-state index in [0.717, 1.165) is 0 Å². The summed E-state index contributed by atoms with van der Waals surface area (Å²) in [5.41, 5.74) is 1.07. The van der Waals surface area contributed by atoms with E-state index < -0.39 is 11.2 Å². The number of nitrogens with one attached hydrogen (secondary N) is 2. The van der Waals surface area contributed by atoms with Crippen LogP contribution < -0.4 is 10.6 Å². The van der Waals surface area contributed by atoms with Gasteiger partial charge in [-0.15, -0.1) is 0 Å². The van der Waals surface area contributed by atoms with Gasteiger partial charge >= 0.3 is 0 Å². The molecule has 3 nitrogen and oxygen atoms in total. The molecule has 1 saturated heterocycles. The first-order chi connectivity index (χ1) is 11.0. The van der Waals surface area contributed by atoms with E-state index in [0.29, 0.717) is 29.8 Å². The number of carbonyl (C=O) groups excluding carboxylic acids is 1. The molecule has 23 heavy (non-hydrogen) atoms. The third-order valence-corrected chi connectivity index (χ3v) is 5.04. The third kappa shape index (κ3) is 2.00. The quantitative estimate of drug-likeness (QED) is 0.837. The molecule has 2 aliphatic heterocycles. The Bertz CT molecular complexity index is 826. The predicted octanol–water partition coefficient (Wildman–Crippen LogP) is 3.54. The summed E-state index contributed by atoms with van der Waals surface area (Å²) < 4.78 is 27.2. The smallest absolute Gasteiger partial charge is 0.237 e. The van der Waals surface area contributed by atoms with Gasteiger partial charge in [-0.25, -0.2) is 8.78 Å². The van der Waals surface area contributed by atoms with Gasteiger partial charge in [-0.2, -0.15) is 0 Å². The van der Waals surface area contributed by atoms with Crippen LogP contribution in [-0.2, 0) is 10.2 Å². The lowest BCUT2D eigenvalue weighted by Crippen LogP contribution is -2.39. The van der Waals surface area contributed by atoms with Crippen LogP contribution in [-0.4, -0.2) is 12.5 Å². The van der Waals surface area contributed by atoms with E-state index in [1.807, 2.05) is 0 Å². The number of hydrogen-bond donors (Lipinski definition) is 2. The molecule has 0 aromatic heterocycles. The minimum Gasteiger partial charge on any atom is -0.325 e. The highest BCUT2D eigenvalue weighted by atomic mass is 35.5. The molecular weight excluding hydrogens is 322 g/mol. The second-order valence-corrected chi connectivity index (χ2v) is 6.33. The maximum absolute atomic E-state index is 13.7. The number of hydrogen-bond acceptors (Lipinski definition) is 2. The van der Waals surface area contributed by atoms with E-state index >= 15 is 0 Å². The third-order valence-electron chi connectivity index (χ3n) is 4.75. The molecule has 0 saturated carbocycles. The van der Waals surface area contributed by atoms with Crippen LogP contribution in [0.1, 0.15) is 23.6 Å². The molecule has 0 radical (unpaired) electrons. The van der Waals surface area contributed by atoms with Crippen molar-refractivity contribution in [1.29, 1.82) is 0 Å². The summed E-state index contributed by atoms with van der Waals surface area (Å²) in [7, 11) is 0. The van der Waals surface area contributed by atoms with Crippen molar-refractivity contribution in [2.75, 3.05) is 11.9 Å². The summed E-state index contributed by atoms with van der Waals surface area (Å²) in [6.45, 7) is 0.600. The molecule has 1 amide bonds.